The summed E-state index contributed by atoms with van der Waals surface area (Å²) in [5.74, 6) is 2.18. The van der Waals surface area contributed by atoms with Crippen molar-refractivity contribution in [1.82, 2.24) is 0 Å². The summed E-state index contributed by atoms with van der Waals surface area (Å²) in [6.07, 6.45) is 2.07. The van der Waals surface area contributed by atoms with Crippen LogP contribution < -0.4 is 4.18 Å². The largest absolute Gasteiger partial charge is 0.673 e. The molecule has 1 aromatic carbocycles. The molecule has 1 aliphatic heterocycles. The Kier molecular flexibility index (Phi) is 5.19. The summed E-state index contributed by atoms with van der Waals surface area (Å²) in [6.45, 7) is 0. The Morgan fingerprint density at radius 1 is 1.00 bits per heavy atom. The first-order chi connectivity index (χ1) is 8.29. The van der Waals surface area contributed by atoms with Crippen molar-refractivity contribution in [3.05, 3.63) is 30.3 Å². The van der Waals surface area contributed by atoms with Crippen LogP contribution in [0.5, 0.6) is 5.75 Å². The van der Waals surface area contributed by atoms with E-state index in [0.29, 0.717) is 0 Å². The monoisotopic (exact) mass is 284 g/mol. The molecule has 2 rings (SSSR count). The Hall–Kier alpha value is -1.05. The van der Waals surface area contributed by atoms with E-state index in [-0.39, 0.29) is 0 Å². The van der Waals surface area contributed by atoms with Crippen LogP contribution in [0.4, 0.5) is 17.3 Å². The molecular formula is C10H13BF4O2S. The lowest BCUT2D eigenvalue weighted by atomic mass is 10.3. The Morgan fingerprint density at radius 3 is 1.89 bits per heavy atom. The van der Waals surface area contributed by atoms with E-state index in [4.69, 9.17) is 4.18 Å². The van der Waals surface area contributed by atoms with Gasteiger partial charge in [0.1, 0.15) is 0 Å². The molecule has 0 amide bonds. The number of rotatable bonds is 2. The minimum atomic E-state index is -6.00. The van der Waals surface area contributed by atoms with E-state index in [0.717, 1.165) is 30.1 Å². The van der Waals surface area contributed by atoms with E-state index in [1.807, 2.05) is 30.3 Å². The van der Waals surface area contributed by atoms with E-state index < -0.39 is 17.5 Å². The van der Waals surface area contributed by atoms with Crippen molar-refractivity contribution < 1.29 is 25.7 Å². The molecule has 0 N–H and O–H groups in total. The molecule has 0 atom stereocenters. The Labute approximate surface area is 104 Å². The van der Waals surface area contributed by atoms with Gasteiger partial charge in [-0.3, -0.25) is 4.18 Å². The van der Waals surface area contributed by atoms with Gasteiger partial charge in [-0.15, -0.1) is 0 Å². The predicted molar refractivity (Wildman–Crippen MR) is 64.3 cm³/mol. The van der Waals surface area contributed by atoms with Crippen LogP contribution in [-0.4, -0.2) is 18.8 Å². The van der Waals surface area contributed by atoms with E-state index in [2.05, 4.69) is 0 Å². The van der Waals surface area contributed by atoms with Crippen LogP contribution in [0.2, 0.25) is 0 Å². The van der Waals surface area contributed by atoms with Gasteiger partial charge in [0.25, 0.3) is 10.2 Å². The van der Waals surface area contributed by atoms with Crippen LogP contribution in [0.25, 0.3) is 0 Å². The van der Waals surface area contributed by atoms with Crippen molar-refractivity contribution in [2.45, 2.75) is 12.8 Å². The lowest BCUT2D eigenvalue weighted by Crippen LogP contribution is -2.20. The minimum Gasteiger partial charge on any atom is -0.418 e. The molecule has 8 heteroatoms. The van der Waals surface area contributed by atoms with Crippen LogP contribution in [0.15, 0.2) is 30.3 Å². The molecule has 1 heterocycles. The fourth-order valence-electron chi connectivity index (χ4n) is 1.48. The summed E-state index contributed by atoms with van der Waals surface area (Å²) in [5, 5.41) is 0. The van der Waals surface area contributed by atoms with Gasteiger partial charge < -0.3 is 17.3 Å². The number of halogens is 4. The lowest BCUT2D eigenvalue weighted by Gasteiger charge is -2.04. The molecule has 0 saturated carbocycles. The van der Waals surface area contributed by atoms with Crippen molar-refractivity contribution in [3.8, 4) is 5.75 Å². The van der Waals surface area contributed by atoms with Gasteiger partial charge in [-0.05, 0) is 12.1 Å². The highest BCUT2D eigenvalue weighted by molar-refractivity contribution is 7.99. The van der Waals surface area contributed by atoms with Crippen LogP contribution in [0.3, 0.4) is 0 Å². The molecule has 1 aromatic rings. The fourth-order valence-corrected chi connectivity index (χ4v) is 3.60. The van der Waals surface area contributed by atoms with E-state index in [1.165, 1.54) is 0 Å². The van der Waals surface area contributed by atoms with Gasteiger partial charge in [0.05, 0.1) is 0 Å². The third-order valence-electron chi connectivity index (χ3n) is 2.15. The normalized spacial score (nSPS) is 17.8. The van der Waals surface area contributed by atoms with Gasteiger partial charge in [0.2, 0.25) is 0 Å². The van der Waals surface area contributed by atoms with Gasteiger partial charge in [0, 0.05) is 12.8 Å². The Balaban J connectivity index is 0.000000280. The van der Waals surface area contributed by atoms with Crippen LogP contribution in [0, 0.1) is 0 Å². The lowest BCUT2D eigenvalue weighted by molar-refractivity contribution is 0.368. The van der Waals surface area contributed by atoms with E-state index in [9.17, 15) is 21.5 Å². The highest BCUT2D eigenvalue weighted by atomic mass is 32.3. The zero-order chi connectivity index (χ0) is 13.6. The van der Waals surface area contributed by atoms with Gasteiger partial charge in [-0.1, -0.05) is 22.4 Å². The third kappa shape index (κ3) is 6.63. The maximum absolute atomic E-state index is 11.9. The van der Waals surface area contributed by atoms with E-state index >= 15 is 0 Å². The smallest absolute Gasteiger partial charge is 0.418 e. The standard InChI is InChI=1S/C10H13O2S.BF4/c11-13(8-4-5-9-13)12-10-6-2-1-3-7-10;2-1(3,4)5/h1-3,6-7H,4-5,8-9H2;/q+1;-1. The topological polar surface area (TPSA) is 26.3 Å². The van der Waals surface area contributed by atoms with Crippen molar-refractivity contribution >= 4 is 17.5 Å². The fraction of sp³-hybridized carbons (Fsp3) is 0.400. The summed E-state index contributed by atoms with van der Waals surface area (Å²) >= 11 is 0. The van der Waals surface area contributed by atoms with Crippen molar-refractivity contribution in [2.75, 3.05) is 11.5 Å². The van der Waals surface area contributed by atoms with Gasteiger partial charge in [-0.25, -0.2) is 0 Å². The minimum absolute atomic E-state index is 0.724. The van der Waals surface area contributed by atoms with Crippen molar-refractivity contribution in [2.24, 2.45) is 0 Å². The Bertz CT molecular complexity index is 394. The number of hydrogen-bond acceptors (Lipinski definition) is 2. The molecule has 18 heavy (non-hydrogen) atoms. The maximum Gasteiger partial charge on any atom is 0.673 e. The molecule has 0 unspecified atom stereocenters. The first-order valence-corrected chi connectivity index (χ1v) is 7.22. The molecule has 0 spiro atoms. The number of benzene rings is 1. The predicted octanol–water partition coefficient (Wildman–Crippen LogP) is 3.57. The molecule has 2 nitrogen and oxygen atoms in total. The average Bonchev–Trinajstić information content (AvgIpc) is 2.64. The zero-order valence-electron chi connectivity index (χ0n) is 9.53. The maximum atomic E-state index is 11.9. The first-order valence-electron chi connectivity index (χ1n) is 5.40. The van der Waals surface area contributed by atoms with E-state index in [1.54, 1.807) is 0 Å². The van der Waals surface area contributed by atoms with Gasteiger partial charge >= 0.3 is 7.25 Å². The molecule has 1 saturated heterocycles. The summed E-state index contributed by atoms with van der Waals surface area (Å²) < 4.78 is 56.4. The molecular weight excluding hydrogens is 271 g/mol. The molecule has 0 aliphatic carbocycles. The zero-order valence-corrected chi connectivity index (χ0v) is 10.3. The average molecular weight is 284 g/mol. The molecule has 1 fully saturated rings. The summed E-state index contributed by atoms with van der Waals surface area (Å²) in [4.78, 5) is 0. The Morgan fingerprint density at radius 2 is 1.44 bits per heavy atom. The number of hydrogen-bond donors (Lipinski definition) is 0. The summed E-state index contributed by atoms with van der Waals surface area (Å²) in [6, 6.07) is 9.42. The highest BCUT2D eigenvalue weighted by Crippen LogP contribution is 2.23. The van der Waals surface area contributed by atoms with Gasteiger partial charge in [0.15, 0.2) is 17.3 Å². The second-order valence-corrected chi connectivity index (χ2v) is 6.22. The summed E-state index contributed by atoms with van der Waals surface area (Å²) in [5.41, 5.74) is 0. The van der Waals surface area contributed by atoms with Crippen molar-refractivity contribution in [1.29, 1.82) is 0 Å². The number of para-hydroxylation sites is 1. The second kappa shape index (κ2) is 6.22. The molecule has 102 valence electrons. The quantitative estimate of drug-likeness (QED) is 0.471. The van der Waals surface area contributed by atoms with Crippen LogP contribution >= 0.6 is 0 Å². The SMILES string of the molecule is F[B-](F)(F)F.O=[S+]1(Oc2ccccc2)CCCC1. The third-order valence-corrected chi connectivity index (χ3v) is 4.47. The summed E-state index contributed by atoms with van der Waals surface area (Å²) in [7, 11) is -8.01. The van der Waals surface area contributed by atoms with Gasteiger partial charge in [-0.2, -0.15) is 0 Å². The van der Waals surface area contributed by atoms with Crippen LogP contribution in [0.1, 0.15) is 12.8 Å². The second-order valence-electron chi connectivity index (χ2n) is 3.75. The molecule has 1 aliphatic rings. The molecule has 0 radical (unpaired) electrons. The highest BCUT2D eigenvalue weighted by Gasteiger charge is 2.35. The first kappa shape index (κ1) is 15.0. The molecule has 0 bridgehead atoms. The van der Waals surface area contributed by atoms with Crippen molar-refractivity contribution in [3.63, 3.8) is 0 Å². The molecule has 0 aromatic heterocycles. The van der Waals surface area contributed by atoms with Crippen LogP contribution in [-0.2, 0) is 14.4 Å².